The maximum absolute atomic E-state index is 14.3. The van der Waals surface area contributed by atoms with Crippen molar-refractivity contribution >= 4 is 27.7 Å². The zero-order valence-electron chi connectivity index (χ0n) is 21.9. The van der Waals surface area contributed by atoms with E-state index >= 15 is 0 Å². The van der Waals surface area contributed by atoms with Crippen LogP contribution in [0, 0.1) is 0 Å². The van der Waals surface area contributed by atoms with Crippen molar-refractivity contribution in [2.24, 2.45) is 4.99 Å². The van der Waals surface area contributed by atoms with Gasteiger partial charge in [0.1, 0.15) is 5.75 Å². The van der Waals surface area contributed by atoms with Gasteiger partial charge in [-0.2, -0.15) is 0 Å². The minimum atomic E-state index is -1.21. The second-order valence-electron chi connectivity index (χ2n) is 9.99. The molecule has 3 aromatic rings. The highest BCUT2D eigenvalue weighted by atomic mass is 79.9. The number of rotatable bonds is 10. The van der Waals surface area contributed by atoms with Crippen molar-refractivity contribution < 1.29 is 19.4 Å². The normalized spacial score (nSPS) is 21.2. The highest BCUT2D eigenvalue weighted by Crippen LogP contribution is 2.43. The molecule has 1 amide bonds. The Hall–Kier alpha value is -3.20. The van der Waals surface area contributed by atoms with Crippen molar-refractivity contribution in [3.05, 3.63) is 100 Å². The predicted molar refractivity (Wildman–Crippen MR) is 155 cm³/mol. The van der Waals surface area contributed by atoms with Crippen LogP contribution in [0.15, 0.2) is 88.3 Å². The molecule has 2 atom stereocenters. The molecule has 2 heterocycles. The smallest absolute Gasteiger partial charge is 0.266 e. The van der Waals surface area contributed by atoms with Crippen LogP contribution in [0.1, 0.15) is 48.5 Å². The van der Waals surface area contributed by atoms with Crippen LogP contribution >= 0.6 is 15.9 Å². The van der Waals surface area contributed by atoms with E-state index < -0.39 is 11.6 Å². The third-order valence-electron chi connectivity index (χ3n) is 7.13. The SMILES string of the molecule is O=C(NN1CCCCC1)[C@@]1(Cc2ccccc2)N=C(c2ccc(OCCCO)cc2)O[C@H]1c1ccc(Br)cc1. The lowest BCUT2D eigenvalue weighted by atomic mass is 9.82. The number of nitrogens with zero attached hydrogens (tertiary/aromatic N) is 2. The molecule has 5 rings (SSSR count). The molecule has 2 aliphatic rings. The highest BCUT2D eigenvalue weighted by Gasteiger charge is 2.53. The van der Waals surface area contributed by atoms with E-state index in [9.17, 15) is 4.79 Å². The van der Waals surface area contributed by atoms with Gasteiger partial charge in [0, 0.05) is 42.6 Å². The Morgan fingerprint density at radius 3 is 2.44 bits per heavy atom. The summed E-state index contributed by atoms with van der Waals surface area (Å²) < 4.78 is 13.2. The maximum Gasteiger partial charge on any atom is 0.266 e. The van der Waals surface area contributed by atoms with Crippen LogP contribution in [0.2, 0.25) is 0 Å². The predicted octanol–water partition coefficient (Wildman–Crippen LogP) is 5.23. The number of benzene rings is 3. The van der Waals surface area contributed by atoms with E-state index in [0.29, 0.717) is 31.1 Å². The molecule has 0 radical (unpaired) electrons. The summed E-state index contributed by atoms with van der Waals surface area (Å²) in [5.74, 6) is 0.961. The van der Waals surface area contributed by atoms with Crippen LogP contribution in [0.4, 0.5) is 0 Å². The number of nitrogens with one attached hydrogen (secondary N) is 1. The van der Waals surface area contributed by atoms with Gasteiger partial charge in [-0.15, -0.1) is 0 Å². The first-order chi connectivity index (χ1) is 19.1. The molecule has 1 fully saturated rings. The fourth-order valence-electron chi connectivity index (χ4n) is 5.07. The molecule has 0 unspecified atom stereocenters. The lowest BCUT2D eigenvalue weighted by molar-refractivity contribution is -0.134. The molecule has 0 bridgehead atoms. The summed E-state index contributed by atoms with van der Waals surface area (Å²) in [6.07, 6.45) is 3.63. The topological polar surface area (TPSA) is 83.4 Å². The lowest BCUT2D eigenvalue weighted by Crippen LogP contribution is -2.56. The Morgan fingerprint density at radius 1 is 1.03 bits per heavy atom. The van der Waals surface area contributed by atoms with Crippen LogP contribution in [0.25, 0.3) is 0 Å². The Bertz CT molecular complexity index is 1260. The molecule has 2 aliphatic heterocycles. The third kappa shape index (κ3) is 6.52. The molecule has 0 spiro atoms. The fraction of sp³-hybridized carbons (Fsp3) is 0.355. The Morgan fingerprint density at radius 2 is 1.74 bits per heavy atom. The second kappa shape index (κ2) is 12.8. The van der Waals surface area contributed by atoms with E-state index in [2.05, 4.69) is 21.4 Å². The average molecular weight is 593 g/mol. The molecular weight excluding hydrogens is 558 g/mol. The van der Waals surface area contributed by atoms with E-state index in [4.69, 9.17) is 19.6 Å². The number of hydrogen-bond acceptors (Lipinski definition) is 6. The van der Waals surface area contributed by atoms with Crippen molar-refractivity contribution in [1.29, 1.82) is 0 Å². The zero-order chi connectivity index (χ0) is 27.1. The summed E-state index contributed by atoms with van der Waals surface area (Å²) in [6.45, 7) is 2.18. The first-order valence-electron chi connectivity index (χ1n) is 13.5. The van der Waals surface area contributed by atoms with Gasteiger partial charge >= 0.3 is 0 Å². The summed E-state index contributed by atoms with van der Waals surface area (Å²) in [6, 6.07) is 25.4. The first-order valence-corrected chi connectivity index (χ1v) is 14.3. The van der Waals surface area contributed by atoms with Gasteiger partial charge in [-0.05, 0) is 60.4 Å². The van der Waals surface area contributed by atoms with Crippen LogP contribution in [-0.4, -0.2) is 53.8 Å². The van der Waals surface area contributed by atoms with Gasteiger partial charge in [0.2, 0.25) is 5.90 Å². The van der Waals surface area contributed by atoms with Crippen LogP contribution in [0.5, 0.6) is 5.75 Å². The van der Waals surface area contributed by atoms with Crippen molar-refractivity contribution in [3.8, 4) is 5.75 Å². The van der Waals surface area contributed by atoms with Gasteiger partial charge in [-0.3, -0.25) is 10.2 Å². The monoisotopic (exact) mass is 591 g/mol. The number of aliphatic hydroxyl groups is 1. The number of carbonyl (C=O) groups is 1. The summed E-state index contributed by atoms with van der Waals surface area (Å²) in [5, 5.41) is 11.0. The number of amides is 1. The number of carbonyl (C=O) groups excluding carboxylic acids is 1. The van der Waals surface area contributed by atoms with Gasteiger partial charge in [0.05, 0.1) is 6.61 Å². The molecule has 2 N–H and O–H groups in total. The Kier molecular flexibility index (Phi) is 8.96. The molecule has 0 aromatic heterocycles. The number of ether oxygens (including phenoxy) is 2. The lowest BCUT2D eigenvalue weighted by Gasteiger charge is -2.34. The molecule has 0 saturated carbocycles. The molecular formula is C31H34BrN3O4. The summed E-state index contributed by atoms with van der Waals surface area (Å²) in [5.41, 5.74) is 4.65. The minimum Gasteiger partial charge on any atom is -0.494 e. The number of hydrazine groups is 1. The quantitative estimate of drug-likeness (QED) is 0.316. The second-order valence-corrected chi connectivity index (χ2v) is 10.9. The summed E-state index contributed by atoms with van der Waals surface area (Å²) in [4.78, 5) is 19.4. The number of halogens is 1. The summed E-state index contributed by atoms with van der Waals surface area (Å²) in [7, 11) is 0. The van der Waals surface area contributed by atoms with Crippen LogP contribution in [-0.2, 0) is 16.0 Å². The fourth-order valence-corrected chi connectivity index (χ4v) is 5.34. The van der Waals surface area contributed by atoms with Crippen molar-refractivity contribution in [3.63, 3.8) is 0 Å². The molecule has 7 nitrogen and oxygen atoms in total. The van der Waals surface area contributed by atoms with E-state index in [0.717, 1.165) is 47.1 Å². The van der Waals surface area contributed by atoms with Gasteiger partial charge in [-0.1, -0.05) is 64.8 Å². The molecule has 8 heteroatoms. The minimum absolute atomic E-state index is 0.0865. The number of piperidine rings is 1. The Labute approximate surface area is 238 Å². The molecule has 3 aromatic carbocycles. The van der Waals surface area contributed by atoms with Crippen LogP contribution in [0.3, 0.4) is 0 Å². The van der Waals surface area contributed by atoms with Gasteiger partial charge in [0.25, 0.3) is 5.91 Å². The zero-order valence-corrected chi connectivity index (χ0v) is 23.5. The third-order valence-corrected chi connectivity index (χ3v) is 7.66. The standard InChI is InChI=1S/C31H34BrN3O4/c32-26-14-10-24(11-15-26)28-31(22-23-8-3-1-4-9-23,30(37)34-35-18-5-2-6-19-35)33-29(39-28)25-12-16-27(17-13-25)38-21-7-20-36/h1,3-4,8-17,28,36H,2,5-7,18-22H2,(H,34,37)/t28-,31-/m0/s1. The van der Waals surface area contributed by atoms with E-state index in [1.165, 1.54) is 6.42 Å². The van der Waals surface area contributed by atoms with E-state index in [1.807, 2.05) is 83.9 Å². The highest BCUT2D eigenvalue weighted by molar-refractivity contribution is 9.10. The first kappa shape index (κ1) is 27.4. The van der Waals surface area contributed by atoms with Gasteiger partial charge in [0.15, 0.2) is 11.6 Å². The van der Waals surface area contributed by atoms with Crippen molar-refractivity contribution in [1.82, 2.24) is 10.4 Å². The van der Waals surface area contributed by atoms with Gasteiger partial charge < -0.3 is 14.6 Å². The van der Waals surface area contributed by atoms with E-state index in [1.54, 1.807) is 0 Å². The van der Waals surface area contributed by atoms with Crippen LogP contribution < -0.4 is 10.2 Å². The molecule has 0 aliphatic carbocycles. The average Bonchev–Trinajstić information content (AvgIpc) is 3.35. The van der Waals surface area contributed by atoms with Crippen molar-refractivity contribution in [2.45, 2.75) is 43.7 Å². The molecule has 39 heavy (non-hydrogen) atoms. The van der Waals surface area contributed by atoms with Crippen molar-refractivity contribution in [2.75, 3.05) is 26.3 Å². The maximum atomic E-state index is 14.3. The largest absolute Gasteiger partial charge is 0.494 e. The van der Waals surface area contributed by atoms with E-state index in [-0.39, 0.29) is 12.5 Å². The van der Waals surface area contributed by atoms with Gasteiger partial charge in [-0.25, -0.2) is 10.0 Å². The number of hydrogen-bond donors (Lipinski definition) is 2. The summed E-state index contributed by atoms with van der Waals surface area (Å²) >= 11 is 3.53. The number of aliphatic hydroxyl groups excluding tert-OH is 1. The Balaban J connectivity index is 1.53. The molecule has 204 valence electrons. The molecule has 1 saturated heterocycles. The number of aliphatic imine (C=N–C) groups is 1.